The van der Waals surface area contributed by atoms with E-state index in [1.807, 2.05) is 43.3 Å². The number of ether oxygens (including phenoxy) is 2. The Labute approximate surface area is 186 Å². The number of carboxylic acids is 1. The molecule has 0 amide bonds. The third kappa shape index (κ3) is 5.07. The molecular weight excluding hydrogens is 410 g/mol. The molecule has 2 aromatic carbocycles. The standard InChI is InChI=1S/C25H27NO4S/c1-3-29-20-8-6-17(7-9-20)25-26-23(16(2)31-25)12-13-30-21-10-11-22-18(14-21)4-5-19(22)15-24(27)28/h6-11,14,19H,3-5,12-13,15H2,1-2H3,(H,27,28)/t19-/m0/s1. The molecular formula is C25H27NO4S. The minimum Gasteiger partial charge on any atom is -0.494 e. The maximum atomic E-state index is 11.0. The number of hydrogen-bond acceptors (Lipinski definition) is 5. The van der Waals surface area contributed by atoms with E-state index in [4.69, 9.17) is 19.6 Å². The van der Waals surface area contributed by atoms with Crippen molar-refractivity contribution in [1.82, 2.24) is 4.98 Å². The van der Waals surface area contributed by atoms with Crippen molar-refractivity contribution in [2.24, 2.45) is 0 Å². The van der Waals surface area contributed by atoms with Gasteiger partial charge in [-0.05, 0) is 80.1 Å². The lowest BCUT2D eigenvalue weighted by atomic mass is 9.98. The molecule has 0 saturated heterocycles. The first-order valence-electron chi connectivity index (χ1n) is 10.7. The zero-order valence-corrected chi connectivity index (χ0v) is 18.7. The summed E-state index contributed by atoms with van der Waals surface area (Å²) >= 11 is 1.70. The summed E-state index contributed by atoms with van der Waals surface area (Å²) in [4.78, 5) is 17.1. The van der Waals surface area contributed by atoms with E-state index in [0.29, 0.717) is 13.2 Å². The van der Waals surface area contributed by atoms with Crippen LogP contribution in [-0.4, -0.2) is 29.3 Å². The highest BCUT2D eigenvalue weighted by atomic mass is 32.1. The fraction of sp³-hybridized carbons (Fsp3) is 0.360. The van der Waals surface area contributed by atoms with Gasteiger partial charge >= 0.3 is 5.97 Å². The second kappa shape index (κ2) is 9.52. The summed E-state index contributed by atoms with van der Waals surface area (Å²) < 4.78 is 11.5. The van der Waals surface area contributed by atoms with Crippen molar-refractivity contribution in [3.8, 4) is 22.1 Å². The molecule has 1 atom stereocenters. The van der Waals surface area contributed by atoms with Crippen molar-refractivity contribution in [2.45, 2.75) is 45.4 Å². The number of carboxylic acid groups (broad SMARTS) is 1. The van der Waals surface area contributed by atoms with E-state index < -0.39 is 5.97 Å². The maximum absolute atomic E-state index is 11.0. The highest BCUT2D eigenvalue weighted by molar-refractivity contribution is 7.15. The first-order chi connectivity index (χ1) is 15.0. The topological polar surface area (TPSA) is 68.7 Å². The molecule has 1 heterocycles. The van der Waals surface area contributed by atoms with E-state index in [9.17, 15) is 4.79 Å². The SMILES string of the molecule is CCOc1ccc(-c2nc(CCOc3ccc4c(c3)CC[C@H]4CC(=O)O)c(C)s2)cc1. The number of aliphatic carboxylic acids is 1. The summed E-state index contributed by atoms with van der Waals surface area (Å²) in [6.07, 6.45) is 2.77. The summed E-state index contributed by atoms with van der Waals surface area (Å²) in [7, 11) is 0. The quantitative estimate of drug-likeness (QED) is 0.469. The van der Waals surface area contributed by atoms with Gasteiger partial charge in [0.05, 0.1) is 25.3 Å². The Balaban J connectivity index is 1.36. The summed E-state index contributed by atoms with van der Waals surface area (Å²) in [5, 5.41) is 10.1. The van der Waals surface area contributed by atoms with Crippen molar-refractivity contribution in [3.05, 3.63) is 64.2 Å². The van der Waals surface area contributed by atoms with Crippen LogP contribution in [0.1, 0.15) is 47.4 Å². The zero-order chi connectivity index (χ0) is 21.8. The molecule has 1 N–H and O–H groups in total. The third-order valence-corrected chi connectivity index (χ3v) is 6.71. The van der Waals surface area contributed by atoms with Crippen molar-refractivity contribution in [2.75, 3.05) is 13.2 Å². The van der Waals surface area contributed by atoms with Gasteiger partial charge in [-0.2, -0.15) is 0 Å². The number of carbonyl (C=O) groups is 1. The van der Waals surface area contributed by atoms with Crippen molar-refractivity contribution in [3.63, 3.8) is 0 Å². The first-order valence-corrected chi connectivity index (χ1v) is 11.5. The molecule has 1 aliphatic rings. The van der Waals surface area contributed by atoms with Crippen LogP contribution in [-0.2, 0) is 17.6 Å². The molecule has 0 unspecified atom stereocenters. The minimum atomic E-state index is -0.735. The van der Waals surface area contributed by atoms with Crippen LogP contribution in [0.4, 0.5) is 0 Å². The van der Waals surface area contributed by atoms with E-state index in [1.54, 1.807) is 11.3 Å². The molecule has 0 radical (unpaired) electrons. The zero-order valence-electron chi connectivity index (χ0n) is 17.9. The molecule has 31 heavy (non-hydrogen) atoms. The second-order valence-electron chi connectivity index (χ2n) is 7.77. The largest absolute Gasteiger partial charge is 0.494 e. The number of benzene rings is 2. The van der Waals surface area contributed by atoms with Gasteiger partial charge in [-0.1, -0.05) is 6.07 Å². The molecule has 162 valence electrons. The summed E-state index contributed by atoms with van der Waals surface area (Å²) in [5.74, 6) is 1.10. The highest BCUT2D eigenvalue weighted by Crippen LogP contribution is 2.37. The average molecular weight is 438 g/mol. The molecule has 4 rings (SSSR count). The number of nitrogens with zero attached hydrogens (tertiary/aromatic N) is 1. The lowest BCUT2D eigenvalue weighted by Gasteiger charge is -2.10. The van der Waals surface area contributed by atoms with Crippen LogP contribution in [0.3, 0.4) is 0 Å². The third-order valence-electron chi connectivity index (χ3n) is 5.65. The predicted octanol–water partition coefficient (Wildman–Crippen LogP) is 5.64. The number of thiazole rings is 1. The molecule has 5 nitrogen and oxygen atoms in total. The van der Waals surface area contributed by atoms with Gasteiger partial charge in [0.15, 0.2) is 0 Å². The normalized spacial score (nSPS) is 15.0. The number of hydrogen-bond donors (Lipinski definition) is 1. The maximum Gasteiger partial charge on any atom is 0.303 e. The van der Waals surface area contributed by atoms with Crippen molar-refractivity contribution >= 4 is 17.3 Å². The van der Waals surface area contributed by atoms with Crippen LogP contribution in [0.15, 0.2) is 42.5 Å². The van der Waals surface area contributed by atoms with Gasteiger partial charge in [-0.25, -0.2) is 4.98 Å². The van der Waals surface area contributed by atoms with Crippen molar-refractivity contribution in [1.29, 1.82) is 0 Å². The van der Waals surface area contributed by atoms with Crippen LogP contribution < -0.4 is 9.47 Å². The Kier molecular flexibility index (Phi) is 6.56. The lowest BCUT2D eigenvalue weighted by Crippen LogP contribution is -2.04. The van der Waals surface area contributed by atoms with Gasteiger partial charge in [-0.3, -0.25) is 4.79 Å². The van der Waals surface area contributed by atoms with Gasteiger partial charge in [0.25, 0.3) is 0 Å². The minimum absolute atomic E-state index is 0.125. The molecule has 0 fully saturated rings. The van der Waals surface area contributed by atoms with Crippen LogP contribution in [0.5, 0.6) is 11.5 Å². The number of rotatable bonds is 9. The molecule has 1 aliphatic carbocycles. The fourth-order valence-corrected chi connectivity index (χ4v) is 5.07. The number of aryl methyl sites for hydroxylation is 2. The number of aromatic nitrogens is 1. The Morgan fingerprint density at radius 3 is 2.68 bits per heavy atom. The fourth-order valence-electron chi connectivity index (χ4n) is 4.10. The molecule has 0 bridgehead atoms. The summed E-state index contributed by atoms with van der Waals surface area (Å²) in [6, 6.07) is 14.1. The van der Waals surface area contributed by atoms with Gasteiger partial charge in [0.2, 0.25) is 0 Å². The predicted molar refractivity (Wildman–Crippen MR) is 122 cm³/mol. The number of fused-ring (bicyclic) bond motifs is 1. The Hall–Kier alpha value is -2.86. The molecule has 3 aromatic rings. The molecule has 6 heteroatoms. The lowest BCUT2D eigenvalue weighted by molar-refractivity contribution is -0.137. The molecule has 0 saturated carbocycles. The van der Waals surface area contributed by atoms with E-state index in [2.05, 4.69) is 13.0 Å². The van der Waals surface area contributed by atoms with Crippen LogP contribution in [0, 0.1) is 6.92 Å². The summed E-state index contributed by atoms with van der Waals surface area (Å²) in [6.45, 7) is 5.30. The van der Waals surface area contributed by atoms with Gasteiger partial charge in [0.1, 0.15) is 16.5 Å². The Morgan fingerprint density at radius 2 is 1.94 bits per heavy atom. The van der Waals surface area contributed by atoms with E-state index in [1.165, 1.54) is 10.4 Å². The molecule has 0 spiro atoms. The summed E-state index contributed by atoms with van der Waals surface area (Å²) in [5.41, 5.74) is 4.53. The highest BCUT2D eigenvalue weighted by Gasteiger charge is 2.24. The average Bonchev–Trinajstić information content (AvgIpc) is 3.32. The van der Waals surface area contributed by atoms with Gasteiger partial charge in [-0.15, -0.1) is 11.3 Å². The van der Waals surface area contributed by atoms with Gasteiger partial charge in [0, 0.05) is 16.9 Å². The molecule has 1 aromatic heterocycles. The van der Waals surface area contributed by atoms with Crippen LogP contribution >= 0.6 is 11.3 Å². The van der Waals surface area contributed by atoms with Crippen molar-refractivity contribution < 1.29 is 19.4 Å². The van der Waals surface area contributed by atoms with E-state index >= 15 is 0 Å². The van der Waals surface area contributed by atoms with Crippen LogP contribution in [0.25, 0.3) is 10.6 Å². The Bertz CT molecular complexity index is 1060. The second-order valence-corrected chi connectivity index (χ2v) is 8.98. The Morgan fingerprint density at radius 1 is 1.16 bits per heavy atom. The smallest absolute Gasteiger partial charge is 0.303 e. The van der Waals surface area contributed by atoms with E-state index in [-0.39, 0.29) is 12.3 Å². The monoisotopic (exact) mass is 437 g/mol. The molecule has 0 aliphatic heterocycles. The van der Waals surface area contributed by atoms with Crippen LogP contribution in [0.2, 0.25) is 0 Å². The van der Waals surface area contributed by atoms with Gasteiger partial charge < -0.3 is 14.6 Å². The first kappa shape index (κ1) is 21.4. The van der Waals surface area contributed by atoms with E-state index in [0.717, 1.165) is 52.6 Å².